The number of nitrogens with one attached hydrogen (secondary N) is 4. The van der Waals surface area contributed by atoms with Crippen LogP contribution in [0.4, 0.5) is 26.3 Å². The summed E-state index contributed by atoms with van der Waals surface area (Å²) in [6.45, 7) is 8.88. The second kappa shape index (κ2) is 40.7. The Morgan fingerprint density at radius 3 is 1.02 bits per heavy atom. The smallest absolute Gasteiger partial charge is 0.384 e. The molecule has 1 aromatic rings. The van der Waals surface area contributed by atoms with Crippen molar-refractivity contribution >= 4 is 112 Å². The Bertz CT molecular complexity index is 5400. The Morgan fingerprint density at radius 2 is 0.729 bits per heavy atom. The summed E-state index contributed by atoms with van der Waals surface area (Å²) >= 11 is 0. The molecular weight excluding hydrogens is 2060 g/mol. The predicted octanol–water partition coefficient (Wildman–Crippen LogP) is -3.37. The van der Waals surface area contributed by atoms with Crippen molar-refractivity contribution in [2.45, 2.75) is 109 Å². The zero-order valence-electron chi connectivity index (χ0n) is 62.9. The van der Waals surface area contributed by atoms with Crippen LogP contribution in [0.15, 0.2) is 127 Å². The van der Waals surface area contributed by atoms with Crippen molar-refractivity contribution in [1.29, 1.82) is 0 Å². The molecule has 4 saturated heterocycles. The van der Waals surface area contributed by atoms with E-state index in [0.29, 0.717) is 16.7 Å². The second-order valence-electron chi connectivity index (χ2n) is 25.3. The van der Waals surface area contributed by atoms with Crippen LogP contribution in [0.3, 0.4) is 0 Å². The highest BCUT2D eigenvalue weighted by Gasteiger charge is 2.71. The van der Waals surface area contributed by atoms with Gasteiger partial charge in [0, 0.05) is 55.2 Å². The van der Waals surface area contributed by atoms with Crippen molar-refractivity contribution in [3.63, 3.8) is 0 Å². The number of halogens is 6. The van der Waals surface area contributed by atoms with Crippen LogP contribution >= 0.6 is 93.9 Å². The molecule has 0 spiro atoms. The molecule has 64 nitrogen and oxygen atoms in total. The van der Waals surface area contributed by atoms with Gasteiger partial charge in [0.05, 0.1) is 0 Å². The van der Waals surface area contributed by atoms with Crippen molar-refractivity contribution in [3.05, 3.63) is 138 Å². The molecule has 8 rings (SSSR count). The lowest BCUT2D eigenvalue weighted by molar-refractivity contribution is -0.207. The first-order chi connectivity index (χ1) is 57.9. The van der Waals surface area contributed by atoms with Crippen LogP contribution < -0.4 is 27.2 Å². The molecule has 0 aliphatic carbocycles. The fraction of sp³-hybridized carbons (Fsp3) is 0.489. The Morgan fingerprint density at radius 1 is 0.442 bits per heavy atom. The molecule has 4 fully saturated rings. The summed E-state index contributed by atoms with van der Waals surface area (Å²) in [6.07, 6.45) is -11.8. The number of phosphoric ester groups is 4. The van der Waals surface area contributed by atoms with Gasteiger partial charge >= 0.3 is 99.6 Å². The fourth-order valence-corrected chi connectivity index (χ4v) is 22.7. The number of aromatic amines is 1. The largest absolute Gasteiger partial charge is 0.490 e. The van der Waals surface area contributed by atoms with E-state index in [0.717, 1.165) is 63.8 Å². The molecule has 129 heavy (non-hydrogen) atoms. The van der Waals surface area contributed by atoms with E-state index in [-0.39, 0.29) is 17.5 Å². The molecule has 82 heteroatoms. The Kier molecular flexibility index (Phi) is 36.1. The van der Waals surface area contributed by atoms with Crippen LogP contribution in [0, 0.1) is 0 Å². The molecule has 8 unspecified atom stereocenters. The van der Waals surface area contributed by atoms with Crippen LogP contribution in [0.2, 0.25) is 0 Å². The first-order valence-electron chi connectivity index (χ1n) is 32.3. The van der Waals surface area contributed by atoms with Gasteiger partial charge < -0.3 is 164 Å². The van der Waals surface area contributed by atoms with E-state index in [2.05, 4.69) is 101 Å². The van der Waals surface area contributed by atoms with Crippen molar-refractivity contribution in [2.75, 3.05) is 33.1 Å². The highest BCUT2D eigenvalue weighted by molar-refractivity contribution is 7.68. The summed E-state index contributed by atoms with van der Waals surface area (Å²) in [5, 5.41) is 79.2. The molecule has 0 radical (unpaired) electrons. The summed E-state index contributed by atoms with van der Waals surface area (Å²) in [5.74, 6) is -17.2. The number of nitrogens with zero attached hydrogens (tertiary/aromatic N) is 4. The summed E-state index contributed by atoms with van der Waals surface area (Å²) in [5.41, 5.74) is -11.4. The Balaban J connectivity index is 0.000000305. The van der Waals surface area contributed by atoms with E-state index in [1.165, 1.54) is 6.92 Å². The van der Waals surface area contributed by atoms with Crippen LogP contribution in [-0.2, 0) is 141 Å². The van der Waals surface area contributed by atoms with Gasteiger partial charge in [-0.1, -0.05) is 45.9 Å². The van der Waals surface area contributed by atoms with Crippen molar-refractivity contribution < 1.29 is 281 Å². The Labute approximate surface area is 710 Å². The van der Waals surface area contributed by atoms with E-state index in [1.54, 1.807) is 4.98 Å². The van der Waals surface area contributed by atoms with Crippen LogP contribution in [0.1, 0.15) is 19.6 Å². The molecule has 3 amide bonds. The molecule has 27 N–H and O–H groups in total. The highest BCUT2D eigenvalue weighted by atomic mass is 31.3. The van der Waals surface area contributed by atoms with Crippen LogP contribution in [0.25, 0.3) is 0 Å². The molecule has 736 valence electrons. The van der Waals surface area contributed by atoms with Gasteiger partial charge in [-0.2, -0.15) is 34.5 Å². The minimum atomic E-state index is -5.92. The summed E-state index contributed by atoms with van der Waals surface area (Å²) in [4.78, 5) is 203. The lowest BCUT2D eigenvalue weighted by atomic mass is 9.90. The molecule has 0 saturated carbocycles. The minimum Gasteiger partial charge on any atom is -0.384 e. The highest BCUT2D eigenvalue weighted by Crippen LogP contribution is 2.71. The van der Waals surface area contributed by atoms with E-state index in [1.807, 2.05) is 5.73 Å². The third-order valence-corrected chi connectivity index (χ3v) is 31.0. The monoisotopic (exact) mass is 2130 g/mol. The lowest BCUT2D eigenvalue weighted by Crippen LogP contribution is -2.57. The number of ether oxygens (including phenoxy) is 4. The number of carbonyl (C=O) groups excluding carboxylic acids is 3. The summed E-state index contributed by atoms with van der Waals surface area (Å²) in [7, 11) is -69.5. The molecule has 8 heterocycles. The third-order valence-electron chi connectivity index (χ3n) is 15.8. The van der Waals surface area contributed by atoms with E-state index in [9.17, 15) is 138 Å². The zero-order chi connectivity index (χ0) is 99.7. The SMILES string of the molecule is C=C1NC(=O)C=CN1[C@@H]1O[C@](F)(COP(=O)(O)OP(=O)(O)OP(=O)(O)O)[C@@H](O)[C@]1(O)CF.C=C=C[C@]1(F)[C@H](N2C=CC(=O)NC2=C)O[C@](F)(COP(=O)(O)OP(=O)(O)OP(=O)(O)O)[C@H]1O.C=C[C@]1(O)[C@H](N2C=CC(=O)NC2=C)O[C@](F)(COP(=O)(O)OP(=O)(O)OP(=O)(O)O)[C@H]1O.CC[C@]1(O)[C@H](n2ccc(=O)[nH]c2=O)O[C@](F)(COP(=O)(O)OP(=O)(O)OP(=O)(O)O)[C@H]1O. The number of aliphatic hydroxyl groups excluding tert-OH is 4. The van der Waals surface area contributed by atoms with Crippen molar-refractivity contribution in [3.8, 4) is 0 Å². The molecule has 0 bridgehead atoms. The van der Waals surface area contributed by atoms with Crippen molar-refractivity contribution in [1.82, 2.24) is 40.2 Å². The number of rotatable bonds is 36. The van der Waals surface area contributed by atoms with E-state index >= 15 is 22.0 Å². The number of hydrogen-bond donors (Lipinski definition) is 27. The maximum Gasteiger partial charge on any atom is 0.490 e. The van der Waals surface area contributed by atoms with Gasteiger partial charge in [-0.3, -0.25) is 46.8 Å². The van der Waals surface area contributed by atoms with Gasteiger partial charge in [0.25, 0.3) is 46.7 Å². The first-order valence-corrected chi connectivity index (χ1v) is 50.4. The molecule has 7 aliphatic rings. The second-order valence-corrected chi connectivity index (χ2v) is 43.0. The quantitative estimate of drug-likeness (QED) is 0.0135. The average molecular weight is 2130 g/mol. The number of alkyl halides is 6. The number of aromatic nitrogens is 2. The van der Waals surface area contributed by atoms with Crippen LogP contribution in [-0.4, -0.2) is 278 Å². The van der Waals surface area contributed by atoms with Gasteiger partial charge in [-0.05, 0) is 6.42 Å². The molecule has 24 atom stereocenters. The predicted molar refractivity (Wildman–Crippen MR) is 388 cm³/mol. The summed E-state index contributed by atoms with van der Waals surface area (Å²) in [6, 6.07) is 0.817. The van der Waals surface area contributed by atoms with Gasteiger partial charge in [-0.25, -0.2) is 85.9 Å². The summed E-state index contributed by atoms with van der Waals surface area (Å²) < 4.78 is 289. The van der Waals surface area contributed by atoms with Gasteiger partial charge in [-0.15, -0.1) is 5.73 Å². The number of phosphoric acid groups is 12. The maximum absolute atomic E-state index is 15.6. The van der Waals surface area contributed by atoms with E-state index < -0.39 is 258 Å². The van der Waals surface area contributed by atoms with Gasteiger partial charge in [0.1, 0.15) is 62.3 Å². The minimum absolute atomic E-state index is 0.216. The molecule has 7 aliphatic heterocycles. The number of H-pyrrole nitrogens is 1. The molecular formula is C47H70F6N8O56P12. The normalized spacial score (nSPS) is 33.9. The topological polar surface area (TPSA) is 970 Å². The van der Waals surface area contributed by atoms with Crippen LogP contribution in [0.5, 0.6) is 0 Å². The molecule has 0 aromatic carbocycles. The Hall–Kier alpha value is -5.03. The van der Waals surface area contributed by atoms with Gasteiger partial charge in [0.15, 0.2) is 54.4 Å². The lowest BCUT2D eigenvalue weighted by Gasteiger charge is -2.37. The van der Waals surface area contributed by atoms with E-state index in [4.69, 9.17) is 77.7 Å². The molecule has 1 aromatic heterocycles. The first kappa shape index (κ1) is 114. The van der Waals surface area contributed by atoms with Crippen molar-refractivity contribution in [2.24, 2.45) is 0 Å². The standard InChI is InChI=1S/C13H17F2N2O13P3.C12H18FN2O14P3.C11H17F2N2O14P3.C11H18FN2O15P3/c1-3-5-12(14)10(19)13(15,28-11(12)17-6-4-9(18)16-8(17)2)7-27-32(23,24)30-33(25,26)29-31(20,21)22;1-3-11(18)9(17)12(13,27-10(11)15-5-4-8(16)14-7(15)2)6-26-31(22,23)29-32(24,25)28-30(19,20)21;1-6-14-7(16)2-3-15(6)9-10(18,4-12)8(17)11(13,27-9)5-26-31(22,23)29-32(24,25)28-30(19,20)21;1-2-10(18)7(16)11(12,27-8(10)14-4-3-6(15)13-9(14)17)5-26-31(22,23)29-32(24,25)28-30(19,20)21/h4-6,10-11,19H,1-2,7H2,(H,16,18)(H,23,24)(H,25,26)(H2,20,21,22);3-5,9-10,17-18H,1-2,6H2,(H,14,16)(H,22,23)(H,24,25)(H2,19,20,21);2-3,8-9,17-18H,1,4-5H2,(H,14,16)(H,22,23)(H,24,25)(H2,19,20,21);3-4,7-8,16,18H,2,5H2,1H3,(H,22,23)(H,24,25)(H,13,15,17)(H2,19,20,21)/t10-,11+,12+,13+;9-,10+,11+,12+;8-,9+,10+,11+;7-,8+,10+,11+/m0000/s1. The number of amides is 3. The zero-order valence-corrected chi connectivity index (χ0v) is 73.6. The maximum atomic E-state index is 15.6. The number of carbonyl (C=O) groups is 3. The number of hydrogen-bond acceptors (Lipinski definition) is 43. The number of aliphatic hydroxyl groups is 7. The fourth-order valence-electron chi connectivity index (χ4n) is 10.6. The third kappa shape index (κ3) is 30.2. The average Bonchev–Trinajstić information content (AvgIpc) is 1.60. The van der Waals surface area contributed by atoms with Gasteiger partial charge in [0.2, 0.25) is 5.67 Å².